The third-order valence-electron chi connectivity index (χ3n) is 4.81. The molecule has 0 saturated heterocycles. The Morgan fingerprint density at radius 2 is 1.97 bits per heavy atom. The third-order valence-corrected chi connectivity index (χ3v) is 5.77. The van der Waals surface area contributed by atoms with Gasteiger partial charge >= 0.3 is 0 Å². The van der Waals surface area contributed by atoms with E-state index in [-0.39, 0.29) is 5.88 Å². The molecule has 0 fully saturated rings. The zero-order valence-corrected chi connectivity index (χ0v) is 17.5. The molecule has 3 heterocycles. The third kappa shape index (κ3) is 3.88. The normalized spacial score (nSPS) is 11.5. The molecule has 0 atom stereocenters. The minimum Gasteiger partial charge on any atom is -0.437 e. The molecule has 32 heavy (non-hydrogen) atoms. The first-order chi connectivity index (χ1) is 15.5. The summed E-state index contributed by atoms with van der Waals surface area (Å²) in [4.78, 5) is 16.5. The largest absolute Gasteiger partial charge is 0.437 e. The quantitative estimate of drug-likeness (QED) is 0.388. The van der Waals surface area contributed by atoms with Crippen LogP contribution in [-0.2, 0) is 10.0 Å². The number of aromatic amines is 1. The van der Waals surface area contributed by atoms with Crippen LogP contribution in [0, 0.1) is 0 Å². The molecular formula is C23H17N5O3S. The Morgan fingerprint density at radius 3 is 2.84 bits per heavy atom. The molecular weight excluding hydrogens is 426 g/mol. The first kappa shape index (κ1) is 19.7. The lowest BCUT2D eigenvalue weighted by Gasteiger charge is -2.08. The molecule has 3 aromatic heterocycles. The SMILES string of the molecule is C=CS(=O)(=O)Nc1cccc(Oc2cnc3[nH]cc(-c4ccc5ncccc5c4)c3n2)c1. The van der Waals surface area contributed by atoms with Crippen molar-refractivity contribution >= 4 is 37.8 Å². The Balaban J connectivity index is 1.48. The van der Waals surface area contributed by atoms with Crippen molar-refractivity contribution in [3.8, 4) is 22.8 Å². The molecule has 9 heteroatoms. The van der Waals surface area contributed by atoms with Gasteiger partial charge < -0.3 is 9.72 Å². The van der Waals surface area contributed by atoms with Crippen LogP contribution in [0.2, 0.25) is 0 Å². The van der Waals surface area contributed by atoms with Crippen LogP contribution in [0.25, 0.3) is 33.2 Å². The summed E-state index contributed by atoms with van der Waals surface area (Å²) in [6, 6.07) is 16.5. The number of benzene rings is 2. The maximum atomic E-state index is 11.7. The number of nitrogens with zero attached hydrogens (tertiary/aromatic N) is 3. The first-order valence-corrected chi connectivity index (χ1v) is 11.2. The minimum absolute atomic E-state index is 0.282. The first-order valence-electron chi connectivity index (χ1n) is 9.63. The van der Waals surface area contributed by atoms with Gasteiger partial charge in [0, 0.05) is 34.8 Å². The van der Waals surface area contributed by atoms with E-state index in [0.29, 0.717) is 22.6 Å². The van der Waals surface area contributed by atoms with Crippen LogP contribution in [0.1, 0.15) is 0 Å². The van der Waals surface area contributed by atoms with Gasteiger partial charge in [0.15, 0.2) is 5.65 Å². The van der Waals surface area contributed by atoms with Gasteiger partial charge in [0.05, 0.1) is 17.4 Å². The van der Waals surface area contributed by atoms with Crippen molar-refractivity contribution in [3.63, 3.8) is 0 Å². The number of rotatable bonds is 6. The van der Waals surface area contributed by atoms with Crippen molar-refractivity contribution in [2.24, 2.45) is 0 Å². The molecule has 0 saturated carbocycles. The van der Waals surface area contributed by atoms with E-state index >= 15 is 0 Å². The summed E-state index contributed by atoms with van der Waals surface area (Å²) in [6.45, 7) is 3.29. The Bertz CT molecular complexity index is 1580. The lowest BCUT2D eigenvalue weighted by atomic mass is 10.1. The molecule has 5 aromatic rings. The number of anilines is 1. The lowest BCUT2D eigenvalue weighted by Crippen LogP contribution is -2.08. The fourth-order valence-corrected chi connectivity index (χ4v) is 3.88. The van der Waals surface area contributed by atoms with E-state index in [2.05, 4.69) is 37.3 Å². The van der Waals surface area contributed by atoms with Gasteiger partial charge in [-0.15, -0.1) is 0 Å². The Labute approximate surface area is 183 Å². The monoisotopic (exact) mass is 443 g/mol. The molecule has 0 bridgehead atoms. The molecule has 0 aliphatic rings. The smallest absolute Gasteiger partial charge is 0.254 e. The molecule has 0 aliphatic carbocycles. The van der Waals surface area contributed by atoms with Crippen LogP contribution in [0.4, 0.5) is 5.69 Å². The highest BCUT2D eigenvalue weighted by molar-refractivity contribution is 7.95. The van der Waals surface area contributed by atoms with Crippen molar-refractivity contribution in [2.45, 2.75) is 0 Å². The Hall–Kier alpha value is -4.24. The number of hydrogen-bond acceptors (Lipinski definition) is 6. The van der Waals surface area contributed by atoms with Gasteiger partial charge in [-0.1, -0.05) is 24.8 Å². The predicted octanol–water partition coefficient (Wildman–Crippen LogP) is 4.85. The van der Waals surface area contributed by atoms with Crippen LogP contribution in [0.3, 0.4) is 0 Å². The molecule has 0 spiro atoms. The van der Waals surface area contributed by atoms with Crippen molar-refractivity contribution < 1.29 is 13.2 Å². The summed E-state index contributed by atoms with van der Waals surface area (Å²) < 4.78 is 31.7. The number of aromatic nitrogens is 4. The van der Waals surface area contributed by atoms with Crippen molar-refractivity contribution in [2.75, 3.05) is 4.72 Å². The number of H-pyrrole nitrogens is 1. The molecule has 158 valence electrons. The van der Waals surface area contributed by atoms with Crippen LogP contribution >= 0.6 is 0 Å². The van der Waals surface area contributed by atoms with Gasteiger partial charge in [-0.2, -0.15) is 0 Å². The zero-order valence-electron chi connectivity index (χ0n) is 16.7. The van der Waals surface area contributed by atoms with Crippen LogP contribution in [0.15, 0.2) is 85.2 Å². The van der Waals surface area contributed by atoms with Crippen LogP contribution < -0.4 is 9.46 Å². The number of fused-ring (bicyclic) bond motifs is 2. The summed E-state index contributed by atoms with van der Waals surface area (Å²) in [5.41, 5.74) is 4.42. The fraction of sp³-hybridized carbons (Fsp3) is 0. The van der Waals surface area contributed by atoms with Crippen molar-refractivity contribution in [1.82, 2.24) is 19.9 Å². The lowest BCUT2D eigenvalue weighted by molar-refractivity contribution is 0.463. The minimum atomic E-state index is -3.61. The average Bonchev–Trinajstić information content (AvgIpc) is 3.22. The van der Waals surface area contributed by atoms with Crippen molar-refractivity contribution in [3.05, 3.63) is 85.2 Å². The maximum Gasteiger partial charge on any atom is 0.254 e. The summed E-state index contributed by atoms with van der Waals surface area (Å²) in [5.74, 6) is 0.696. The van der Waals surface area contributed by atoms with E-state index in [9.17, 15) is 8.42 Å². The highest BCUT2D eigenvalue weighted by atomic mass is 32.2. The van der Waals surface area contributed by atoms with Gasteiger partial charge in [-0.05, 0) is 35.9 Å². The summed E-state index contributed by atoms with van der Waals surface area (Å²) in [7, 11) is -3.61. The van der Waals surface area contributed by atoms with E-state index in [0.717, 1.165) is 27.4 Å². The van der Waals surface area contributed by atoms with Gasteiger partial charge in [0.25, 0.3) is 10.0 Å². The zero-order chi connectivity index (χ0) is 22.1. The number of hydrogen-bond donors (Lipinski definition) is 2. The van der Waals surface area contributed by atoms with E-state index in [1.54, 1.807) is 30.5 Å². The molecule has 0 radical (unpaired) electrons. The van der Waals surface area contributed by atoms with Gasteiger partial charge in [-0.3, -0.25) is 9.71 Å². The van der Waals surface area contributed by atoms with Crippen molar-refractivity contribution in [1.29, 1.82) is 0 Å². The topological polar surface area (TPSA) is 110 Å². The Morgan fingerprint density at radius 1 is 1.06 bits per heavy atom. The number of sulfonamides is 1. The summed E-state index contributed by atoms with van der Waals surface area (Å²) in [6.07, 6.45) is 5.13. The number of pyridine rings is 1. The van der Waals surface area contributed by atoms with E-state index in [4.69, 9.17) is 4.74 Å². The number of nitrogens with one attached hydrogen (secondary N) is 2. The molecule has 0 amide bonds. The number of ether oxygens (including phenoxy) is 1. The standard InChI is InChI=1S/C23H17N5O3S/c1-2-32(29,30)28-17-6-3-7-18(12-17)31-21-14-26-23-22(27-21)19(13-25-23)15-8-9-20-16(11-15)5-4-10-24-20/h2-14,28H,1H2,(H,25,26). The second-order valence-corrected chi connectivity index (χ2v) is 8.59. The molecule has 2 N–H and O–H groups in total. The van der Waals surface area contributed by atoms with Gasteiger partial charge in [0.1, 0.15) is 11.3 Å². The predicted molar refractivity (Wildman–Crippen MR) is 124 cm³/mol. The van der Waals surface area contributed by atoms with E-state index in [1.165, 1.54) is 6.20 Å². The molecule has 8 nitrogen and oxygen atoms in total. The Kier molecular flexibility index (Phi) is 4.79. The molecule has 0 aliphatic heterocycles. The molecule has 5 rings (SSSR count). The highest BCUT2D eigenvalue weighted by Crippen LogP contribution is 2.31. The summed E-state index contributed by atoms with van der Waals surface area (Å²) in [5, 5.41) is 1.87. The van der Waals surface area contributed by atoms with Crippen LogP contribution in [0.5, 0.6) is 11.6 Å². The molecule has 2 aromatic carbocycles. The second-order valence-electron chi connectivity index (χ2n) is 6.96. The maximum absolute atomic E-state index is 11.7. The highest BCUT2D eigenvalue weighted by Gasteiger charge is 2.12. The molecule has 0 unspecified atom stereocenters. The van der Waals surface area contributed by atoms with Gasteiger partial charge in [0.2, 0.25) is 5.88 Å². The van der Waals surface area contributed by atoms with E-state index in [1.807, 2.05) is 30.5 Å². The van der Waals surface area contributed by atoms with Crippen LogP contribution in [-0.4, -0.2) is 28.4 Å². The summed E-state index contributed by atoms with van der Waals surface area (Å²) >= 11 is 0. The van der Waals surface area contributed by atoms with E-state index < -0.39 is 10.0 Å². The second kappa shape index (κ2) is 7.78. The fourth-order valence-electron chi connectivity index (χ4n) is 3.34. The average molecular weight is 443 g/mol. The van der Waals surface area contributed by atoms with Gasteiger partial charge in [-0.25, -0.2) is 18.4 Å².